The molecule has 0 aliphatic carbocycles. The van der Waals surface area contributed by atoms with Gasteiger partial charge >= 0.3 is 6.18 Å². The Hall–Kier alpha value is -1.73. The first-order chi connectivity index (χ1) is 8.67. The molecule has 0 unspecified atom stereocenters. The molecule has 0 aliphatic heterocycles. The molecule has 0 aliphatic rings. The number of rotatable bonds is 4. The second-order valence-electron chi connectivity index (χ2n) is 4.28. The highest BCUT2D eigenvalue weighted by Gasteiger charge is 2.29. The molecular formula is C11H17F3N4O. The number of nitrogens with two attached hydrogens (primary N) is 1. The van der Waals surface area contributed by atoms with E-state index in [9.17, 15) is 18.0 Å². The van der Waals surface area contributed by atoms with Crippen LogP contribution >= 0.6 is 0 Å². The van der Waals surface area contributed by atoms with Crippen LogP contribution in [0.2, 0.25) is 0 Å². The van der Waals surface area contributed by atoms with E-state index in [2.05, 4.69) is 5.10 Å². The molecule has 19 heavy (non-hydrogen) atoms. The summed E-state index contributed by atoms with van der Waals surface area (Å²) in [6, 6.07) is 0. The smallest absolute Gasteiger partial charge is 0.390 e. The minimum Gasteiger partial charge on any atom is -0.395 e. The second kappa shape index (κ2) is 5.50. The van der Waals surface area contributed by atoms with Crippen LogP contribution in [0, 0.1) is 0 Å². The maximum absolute atomic E-state index is 12.1. The summed E-state index contributed by atoms with van der Waals surface area (Å²) in [6.07, 6.45) is -4.78. The summed E-state index contributed by atoms with van der Waals surface area (Å²) in [5.74, 6) is -0.559. The second-order valence-corrected chi connectivity index (χ2v) is 4.28. The number of carbonyl (C=O) groups excluding carboxylic acids is 1. The van der Waals surface area contributed by atoms with Gasteiger partial charge in [0.25, 0.3) is 5.91 Å². The molecule has 0 radical (unpaired) electrons. The zero-order chi connectivity index (χ0) is 14.8. The normalized spacial score (nSPS) is 11.7. The molecule has 0 atom stereocenters. The molecule has 108 valence electrons. The fourth-order valence-electron chi connectivity index (χ4n) is 1.69. The lowest BCUT2D eigenvalue weighted by Gasteiger charge is -2.18. The lowest BCUT2D eigenvalue weighted by molar-refractivity contribution is -0.136. The van der Waals surface area contributed by atoms with Crippen molar-refractivity contribution in [2.75, 3.05) is 19.3 Å². The van der Waals surface area contributed by atoms with Gasteiger partial charge in [-0.15, -0.1) is 0 Å². The van der Waals surface area contributed by atoms with E-state index in [0.29, 0.717) is 12.1 Å². The van der Waals surface area contributed by atoms with Gasteiger partial charge < -0.3 is 10.6 Å². The van der Waals surface area contributed by atoms with E-state index >= 15 is 0 Å². The lowest BCUT2D eigenvalue weighted by atomic mass is 10.2. The standard InChI is InChI=1S/C11H17F3N4O/c1-4-7-8(15)9(18(3)16-7)10(19)17(2)6-5-11(12,13)14/h4-6,15H2,1-3H3. The third kappa shape index (κ3) is 3.62. The zero-order valence-corrected chi connectivity index (χ0v) is 11.1. The lowest BCUT2D eigenvalue weighted by Crippen LogP contribution is -2.32. The number of nitrogens with zero attached hydrogens (tertiary/aromatic N) is 3. The zero-order valence-electron chi connectivity index (χ0n) is 11.1. The molecule has 1 aromatic rings. The van der Waals surface area contributed by atoms with Gasteiger partial charge in [-0.2, -0.15) is 18.3 Å². The Kier molecular flexibility index (Phi) is 4.43. The van der Waals surface area contributed by atoms with Crippen molar-refractivity contribution in [2.45, 2.75) is 25.9 Å². The molecule has 1 aromatic heterocycles. The number of alkyl halides is 3. The SMILES string of the molecule is CCc1nn(C)c(C(=O)N(C)CCC(F)(F)F)c1N. The van der Waals surface area contributed by atoms with Gasteiger partial charge in [0.15, 0.2) is 0 Å². The van der Waals surface area contributed by atoms with Gasteiger partial charge in [0.1, 0.15) is 5.69 Å². The average Bonchev–Trinajstić information content (AvgIpc) is 2.59. The van der Waals surface area contributed by atoms with Crippen LogP contribution in [-0.4, -0.2) is 40.4 Å². The molecule has 0 saturated heterocycles. The maximum Gasteiger partial charge on any atom is 0.390 e. The van der Waals surface area contributed by atoms with Gasteiger partial charge in [-0.05, 0) is 6.42 Å². The van der Waals surface area contributed by atoms with Crippen LogP contribution in [-0.2, 0) is 13.5 Å². The van der Waals surface area contributed by atoms with E-state index in [1.54, 1.807) is 7.05 Å². The molecule has 0 bridgehead atoms. The molecule has 1 amide bonds. The van der Waals surface area contributed by atoms with Crippen molar-refractivity contribution in [1.82, 2.24) is 14.7 Å². The Labute approximate surface area is 109 Å². The number of aryl methyl sites for hydroxylation is 2. The fourth-order valence-corrected chi connectivity index (χ4v) is 1.69. The van der Waals surface area contributed by atoms with E-state index < -0.39 is 25.0 Å². The quantitative estimate of drug-likeness (QED) is 0.909. The van der Waals surface area contributed by atoms with Crippen molar-refractivity contribution >= 4 is 11.6 Å². The van der Waals surface area contributed by atoms with Crippen LogP contribution < -0.4 is 5.73 Å². The van der Waals surface area contributed by atoms with E-state index in [-0.39, 0.29) is 11.4 Å². The van der Waals surface area contributed by atoms with Gasteiger partial charge in [-0.25, -0.2) is 0 Å². The molecule has 0 spiro atoms. The Balaban J connectivity index is 2.86. The third-order valence-electron chi connectivity index (χ3n) is 2.78. The first-order valence-corrected chi connectivity index (χ1v) is 5.81. The van der Waals surface area contributed by atoms with E-state index in [4.69, 9.17) is 5.73 Å². The fraction of sp³-hybridized carbons (Fsp3) is 0.636. The summed E-state index contributed by atoms with van der Waals surface area (Å²) in [4.78, 5) is 13.1. The predicted molar refractivity (Wildman–Crippen MR) is 64.6 cm³/mol. The van der Waals surface area contributed by atoms with Crippen LogP contribution in [0.4, 0.5) is 18.9 Å². The number of amides is 1. The van der Waals surface area contributed by atoms with Gasteiger partial charge in [0.05, 0.1) is 17.8 Å². The van der Waals surface area contributed by atoms with E-state index in [1.807, 2.05) is 6.92 Å². The number of nitrogen functional groups attached to an aromatic ring is 1. The molecule has 8 heteroatoms. The van der Waals surface area contributed by atoms with Crippen molar-refractivity contribution in [3.63, 3.8) is 0 Å². The highest BCUT2D eigenvalue weighted by atomic mass is 19.4. The van der Waals surface area contributed by atoms with E-state index in [0.717, 1.165) is 4.90 Å². The number of hydrogen-bond donors (Lipinski definition) is 1. The van der Waals surface area contributed by atoms with E-state index in [1.165, 1.54) is 11.7 Å². The minimum atomic E-state index is -4.29. The number of carbonyl (C=O) groups is 1. The van der Waals surface area contributed by atoms with Gasteiger partial charge in [0, 0.05) is 20.6 Å². The number of halogens is 3. The van der Waals surface area contributed by atoms with Crippen LogP contribution in [0.3, 0.4) is 0 Å². The van der Waals surface area contributed by atoms with Gasteiger partial charge in [-0.3, -0.25) is 9.48 Å². The third-order valence-corrected chi connectivity index (χ3v) is 2.78. The monoisotopic (exact) mass is 278 g/mol. The molecule has 1 rings (SSSR count). The van der Waals surface area contributed by atoms with Crippen molar-refractivity contribution in [3.8, 4) is 0 Å². The molecule has 2 N–H and O–H groups in total. The molecule has 0 saturated carbocycles. The van der Waals surface area contributed by atoms with Crippen molar-refractivity contribution in [3.05, 3.63) is 11.4 Å². The highest BCUT2D eigenvalue weighted by molar-refractivity contribution is 5.97. The van der Waals surface area contributed by atoms with Crippen LogP contribution in [0.25, 0.3) is 0 Å². The van der Waals surface area contributed by atoms with Gasteiger partial charge in [-0.1, -0.05) is 6.92 Å². The molecule has 0 fully saturated rings. The summed E-state index contributed by atoms with van der Waals surface area (Å²) in [5, 5.41) is 4.06. The van der Waals surface area contributed by atoms with Crippen molar-refractivity contribution in [1.29, 1.82) is 0 Å². The summed E-state index contributed by atoms with van der Waals surface area (Å²) < 4.78 is 37.7. The van der Waals surface area contributed by atoms with Crippen LogP contribution in [0.1, 0.15) is 29.5 Å². The number of anilines is 1. The summed E-state index contributed by atoms with van der Waals surface area (Å²) in [7, 11) is 2.85. The number of hydrogen-bond acceptors (Lipinski definition) is 3. The largest absolute Gasteiger partial charge is 0.395 e. The number of aromatic nitrogens is 2. The van der Waals surface area contributed by atoms with Crippen LogP contribution in [0.15, 0.2) is 0 Å². The predicted octanol–water partition coefficient (Wildman–Crippen LogP) is 1.59. The average molecular weight is 278 g/mol. The maximum atomic E-state index is 12.1. The van der Waals surface area contributed by atoms with Crippen molar-refractivity contribution in [2.24, 2.45) is 7.05 Å². The first kappa shape index (κ1) is 15.3. The highest BCUT2D eigenvalue weighted by Crippen LogP contribution is 2.22. The summed E-state index contributed by atoms with van der Waals surface area (Å²) in [6.45, 7) is 1.43. The van der Waals surface area contributed by atoms with Crippen molar-refractivity contribution < 1.29 is 18.0 Å². The molecule has 0 aromatic carbocycles. The topological polar surface area (TPSA) is 64.2 Å². The molecule has 5 nitrogen and oxygen atoms in total. The first-order valence-electron chi connectivity index (χ1n) is 5.81. The Morgan fingerprint density at radius 2 is 2.05 bits per heavy atom. The summed E-state index contributed by atoms with van der Waals surface area (Å²) >= 11 is 0. The minimum absolute atomic E-state index is 0.126. The Morgan fingerprint density at radius 1 is 1.47 bits per heavy atom. The molecule has 1 heterocycles. The van der Waals surface area contributed by atoms with Crippen LogP contribution in [0.5, 0.6) is 0 Å². The Morgan fingerprint density at radius 3 is 2.47 bits per heavy atom. The summed E-state index contributed by atoms with van der Waals surface area (Å²) in [5.41, 5.74) is 6.70. The molecular weight excluding hydrogens is 261 g/mol. The Bertz CT molecular complexity index is 467. The van der Waals surface area contributed by atoms with Gasteiger partial charge in [0.2, 0.25) is 0 Å².